The molecule has 0 aromatic heterocycles. The molecule has 2 nitrogen and oxygen atoms in total. The zero-order chi connectivity index (χ0) is 15.4. The molecule has 0 saturated heterocycles. The van der Waals surface area contributed by atoms with Crippen LogP contribution in [0.15, 0.2) is 48.5 Å². The van der Waals surface area contributed by atoms with Gasteiger partial charge in [-0.05, 0) is 30.7 Å². The second kappa shape index (κ2) is 6.48. The minimum absolute atomic E-state index is 0.0903. The summed E-state index contributed by atoms with van der Waals surface area (Å²) < 4.78 is 26.9. The summed E-state index contributed by atoms with van der Waals surface area (Å²) >= 11 is 0. The third-order valence-electron chi connectivity index (χ3n) is 3.57. The van der Waals surface area contributed by atoms with Crippen LogP contribution in [0.5, 0.6) is 0 Å². The van der Waals surface area contributed by atoms with Crippen LogP contribution in [-0.4, -0.2) is 17.9 Å². The van der Waals surface area contributed by atoms with Crippen LogP contribution in [0, 0.1) is 11.6 Å². The second-order valence-electron chi connectivity index (χ2n) is 5.01. The fraction of sp³-hybridized carbons (Fsp3) is 0.235. The lowest BCUT2D eigenvalue weighted by Gasteiger charge is -2.25. The molecule has 0 fully saturated rings. The summed E-state index contributed by atoms with van der Waals surface area (Å²) in [5, 5.41) is 0. The van der Waals surface area contributed by atoms with Crippen molar-refractivity contribution in [3.8, 4) is 0 Å². The molecule has 0 aliphatic heterocycles. The average Bonchev–Trinajstić information content (AvgIpc) is 2.46. The first-order valence-corrected chi connectivity index (χ1v) is 6.73. The third kappa shape index (κ3) is 3.66. The van der Waals surface area contributed by atoms with E-state index in [1.54, 1.807) is 44.3 Å². The maximum atomic E-state index is 13.8. The lowest BCUT2D eigenvalue weighted by Crippen LogP contribution is -2.31. The molecule has 0 heterocycles. The Kier molecular flexibility index (Phi) is 4.68. The molecule has 2 aromatic rings. The van der Waals surface area contributed by atoms with Crippen molar-refractivity contribution in [1.29, 1.82) is 0 Å². The summed E-state index contributed by atoms with van der Waals surface area (Å²) in [5.74, 6) is -0.892. The molecule has 0 N–H and O–H groups in total. The highest BCUT2D eigenvalue weighted by molar-refractivity contribution is 5.79. The van der Waals surface area contributed by atoms with Gasteiger partial charge in [-0.3, -0.25) is 4.79 Å². The van der Waals surface area contributed by atoms with Crippen LogP contribution in [-0.2, 0) is 11.2 Å². The van der Waals surface area contributed by atoms with Gasteiger partial charge in [-0.15, -0.1) is 0 Å². The van der Waals surface area contributed by atoms with Gasteiger partial charge >= 0.3 is 0 Å². The van der Waals surface area contributed by atoms with E-state index in [9.17, 15) is 13.6 Å². The molecule has 0 aliphatic carbocycles. The Labute approximate surface area is 123 Å². The molecule has 0 saturated carbocycles. The molecule has 1 atom stereocenters. The lowest BCUT2D eigenvalue weighted by atomic mass is 10.1. The topological polar surface area (TPSA) is 20.3 Å². The Morgan fingerprint density at radius 3 is 2.52 bits per heavy atom. The highest BCUT2D eigenvalue weighted by Crippen LogP contribution is 2.22. The smallest absolute Gasteiger partial charge is 0.227 e. The number of carbonyl (C=O) groups excluding carboxylic acids is 1. The number of nitrogens with zero attached hydrogens (tertiary/aromatic N) is 1. The second-order valence-corrected chi connectivity index (χ2v) is 5.01. The molecule has 21 heavy (non-hydrogen) atoms. The Hall–Kier alpha value is -2.23. The molecular weight excluding hydrogens is 272 g/mol. The molecule has 1 unspecified atom stereocenters. The van der Waals surface area contributed by atoms with Crippen molar-refractivity contribution in [2.45, 2.75) is 19.4 Å². The first kappa shape index (κ1) is 15.2. The number of hydrogen-bond donors (Lipinski definition) is 0. The van der Waals surface area contributed by atoms with Gasteiger partial charge in [0.25, 0.3) is 0 Å². The van der Waals surface area contributed by atoms with Crippen molar-refractivity contribution in [2.24, 2.45) is 0 Å². The first-order valence-electron chi connectivity index (χ1n) is 6.73. The zero-order valence-corrected chi connectivity index (χ0v) is 12.0. The highest BCUT2D eigenvalue weighted by Gasteiger charge is 2.20. The monoisotopic (exact) mass is 289 g/mol. The van der Waals surface area contributed by atoms with Gasteiger partial charge in [-0.2, -0.15) is 0 Å². The van der Waals surface area contributed by atoms with Gasteiger partial charge in [0, 0.05) is 12.6 Å². The summed E-state index contributed by atoms with van der Waals surface area (Å²) in [6, 6.07) is 11.9. The van der Waals surface area contributed by atoms with Crippen LogP contribution in [0.4, 0.5) is 8.78 Å². The van der Waals surface area contributed by atoms with E-state index in [0.717, 1.165) is 0 Å². The van der Waals surface area contributed by atoms with Gasteiger partial charge in [0.15, 0.2) is 0 Å². The molecule has 0 radical (unpaired) electrons. The number of benzene rings is 2. The first-order chi connectivity index (χ1) is 9.99. The third-order valence-corrected chi connectivity index (χ3v) is 3.57. The van der Waals surface area contributed by atoms with E-state index in [-0.39, 0.29) is 30.0 Å². The molecule has 4 heteroatoms. The maximum Gasteiger partial charge on any atom is 0.227 e. The van der Waals surface area contributed by atoms with Crippen LogP contribution in [0.2, 0.25) is 0 Å². The Morgan fingerprint density at radius 1 is 1.14 bits per heavy atom. The predicted octanol–water partition coefficient (Wildman–Crippen LogP) is 3.73. The van der Waals surface area contributed by atoms with Crippen LogP contribution >= 0.6 is 0 Å². The normalized spacial score (nSPS) is 12.0. The van der Waals surface area contributed by atoms with Gasteiger partial charge in [0.2, 0.25) is 5.91 Å². The minimum atomic E-state index is -0.382. The van der Waals surface area contributed by atoms with Crippen molar-refractivity contribution in [3.05, 3.63) is 71.3 Å². The van der Waals surface area contributed by atoms with Gasteiger partial charge in [0.05, 0.1) is 12.5 Å². The number of rotatable bonds is 4. The Bertz CT molecular complexity index is 642. The molecule has 1 amide bonds. The number of halogens is 2. The van der Waals surface area contributed by atoms with E-state index in [1.807, 2.05) is 0 Å². The van der Waals surface area contributed by atoms with E-state index < -0.39 is 0 Å². The number of amides is 1. The minimum Gasteiger partial charge on any atom is -0.339 e. The molecular formula is C17H17F2NO. The van der Waals surface area contributed by atoms with Crippen molar-refractivity contribution >= 4 is 5.91 Å². The summed E-state index contributed by atoms with van der Waals surface area (Å²) in [5.41, 5.74) is 1.07. The Balaban J connectivity index is 2.10. The number of carbonyl (C=O) groups is 1. The van der Waals surface area contributed by atoms with Gasteiger partial charge in [0.1, 0.15) is 11.6 Å². The molecule has 2 rings (SSSR count). The van der Waals surface area contributed by atoms with Crippen LogP contribution in [0.25, 0.3) is 0 Å². The van der Waals surface area contributed by atoms with E-state index in [1.165, 1.54) is 23.1 Å². The predicted molar refractivity (Wildman–Crippen MR) is 77.7 cm³/mol. The maximum absolute atomic E-state index is 13.8. The van der Waals surface area contributed by atoms with Crippen molar-refractivity contribution < 1.29 is 13.6 Å². The van der Waals surface area contributed by atoms with E-state index in [0.29, 0.717) is 11.1 Å². The highest BCUT2D eigenvalue weighted by atomic mass is 19.1. The van der Waals surface area contributed by atoms with Crippen LogP contribution in [0.3, 0.4) is 0 Å². The number of likely N-dealkylation sites (N-methyl/N-ethyl adjacent to an activating group) is 1. The fourth-order valence-electron chi connectivity index (χ4n) is 2.18. The number of hydrogen-bond acceptors (Lipinski definition) is 1. The SMILES string of the molecule is CC(c1ccccc1F)N(C)C(=O)Cc1cccc(F)c1. The van der Waals surface area contributed by atoms with Crippen molar-refractivity contribution in [2.75, 3.05) is 7.05 Å². The largest absolute Gasteiger partial charge is 0.339 e. The fourth-order valence-corrected chi connectivity index (χ4v) is 2.18. The van der Waals surface area contributed by atoms with Crippen molar-refractivity contribution in [3.63, 3.8) is 0 Å². The molecule has 0 spiro atoms. The molecule has 0 aliphatic rings. The Morgan fingerprint density at radius 2 is 1.86 bits per heavy atom. The summed E-state index contributed by atoms with van der Waals surface area (Å²) in [6.07, 6.45) is 0.0903. The van der Waals surface area contributed by atoms with Gasteiger partial charge in [-0.1, -0.05) is 30.3 Å². The molecule has 2 aromatic carbocycles. The zero-order valence-electron chi connectivity index (χ0n) is 12.0. The standard InChI is InChI=1S/C17H17F2NO/c1-12(15-8-3-4-9-16(15)19)20(2)17(21)11-13-6-5-7-14(18)10-13/h3-10,12H,11H2,1-2H3. The molecule has 110 valence electrons. The molecule has 0 bridgehead atoms. The van der Waals surface area contributed by atoms with E-state index >= 15 is 0 Å². The van der Waals surface area contributed by atoms with Crippen LogP contribution < -0.4 is 0 Å². The van der Waals surface area contributed by atoms with Crippen LogP contribution in [0.1, 0.15) is 24.1 Å². The summed E-state index contributed by atoms with van der Waals surface area (Å²) in [7, 11) is 1.62. The van der Waals surface area contributed by atoms with E-state index in [2.05, 4.69) is 0 Å². The van der Waals surface area contributed by atoms with Gasteiger partial charge in [-0.25, -0.2) is 8.78 Å². The van der Waals surface area contributed by atoms with Gasteiger partial charge < -0.3 is 4.90 Å². The average molecular weight is 289 g/mol. The summed E-state index contributed by atoms with van der Waals surface area (Å²) in [4.78, 5) is 13.7. The quantitative estimate of drug-likeness (QED) is 0.840. The van der Waals surface area contributed by atoms with Crippen molar-refractivity contribution in [1.82, 2.24) is 4.90 Å². The summed E-state index contributed by atoms with van der Waals surface area (Å²) in [6.45, 7) is 1.77. The van der Waals surface area contributed by atoms with E-state index in [4.69, 9.17) is 0 Å². The lowest BCUT2D eigenvalue weighted by molar-refractivity contribution is -0.131.